The van der Waals surface area contributed by atoms with Crippen molar-refractivity contribution in [3.8, 4) is 0 Å². The normalized spacial score (nSPS) is 16.5. The van der Waals surface area contributed by atoms with Crippen LogP contribution in [0.2, 0.25) is 0 Å². The molecule has 0 unspecified atom stereocenters. The van der Waals surface area contributed by atoms with Crippen LogP contribution in [0.5, 0.6) is 0 Å². The number of nitrogens with two attached hydrogens (primary N) is 1. The van der Waals surface area contributed by atoms with Gasteiger partial charge in [0.05, 0.1) is 0 Å². The Balaban J connectivity index is 2.02. The highest BCUT2D eigenvalue weighted by Gasteiger charge is 2.16. The highest BCUT2D eigenvalue weighted by Crippen LogP contribution is 2.25. The lowest BCUT2D eigenvalue weighted by Gasteiger charge is -2.16. The van der Waals surface area contributed by atoms with Gasteiger partial charge in [-0.1, -0.05) is 12.1 Å². The first-order valence-corrected chi connectivity index (χ1v) is 7.36. The highest BCUT2D eigenvalue weighted by molar-refractivity contribution is 5.84. The molecule has 0 radical (unpaired) electrons. The number of benzene rings is 1. The van der Waals surface area contributed by atoms with Crippen LogP contribution in [0.1, 0.15) is 31.0 Å². The Labute approximate surface area is 115 Å². The van der Waals surface area contributed by atoms with Gasteiger partial charge in [0, 0.05) is 36.2 Å². The van der Waals surface area contributed by atoms with Crippen molar-refractivity contribution < 1.29 is 0 Å². The van der Waals surface area contributed by atoms with Crippen LogP contribution in [-0.2, 0) is 19.6 Å². The summed E-state index contributed by atoms with van der Waals surface area (Å²) in [6.07, 6.45) is 2.70. The number of likely N-dealkylation sites (tertiary alicyclic amines) is 1. The maximum Gasteiger partial charge on any atom is 0.0486 e. The van der Waals surface area contributed by atoms with Gasteiger partial charge in [0.2, 0.25) is 0 Å². The molecule has 1 aromatic heterocycles. The van der Waals surface area contributed by atoms with E-state index in [1.165, 1.54) is 48.1 Å². The Morgan fingerprint density at radius 2 is 2.00 bits per heavy atom. The van der Waals surface area contributed by atoms with Crippen molar-refractivity contribution in [1.82, 2.24) is 9.47 Å². The molecule has 3 nitrogen and oxygen atoms in total. The van der Waals surface area contributed by atoms with Crippen LogP contribution in [0, 0.1) is 0 Å². The number of hydrogen-bond acceptors (Lipinski definition) is 2. The molecule has 0 amide bonds. The van der Waals surface area contributed by atoms with Gasteiger partial charge in [-0.2, -0.15) is 0 Å². The molecule has 0 bridgehead atoms. The molecule has 1 aliphatic heterocycles. The molecule has 0 spiro atoms. The topological polar surface area (TPSA) is 34.2 Å². The van der Waals surface area contributed by atoms with Crippen molar-refractivity contribution in [2.24, 2.45) is 5.73 Å². The monoisotopic (exact) mass is 257 g/mol. The molecule has 2 N–H and O–H groups in total. The Bertz CT molecular complexity index is 565. The van der Waals surface area contributed by atoms with Crippen molar-refractivity contribution in [3.63, 3.8) is 0 Å². The second-order valence-corrected chi connectivity index (χ2v) is 5.42. The summed E-state index contributed by atoms with van der Waals surface area (Å²) in [7, 11) is 0. The van der Waals surface area contributed by atoms with E-state index >= 15 is 0 Å². The summed E-state index contributed by atoms with van der Waals surface area (Å²) in [5, 5.41) is 1.33. The number of aryl methyl sites for hydroxylation is 1. The molecule has 1 aliphatic rings. The van der Waals surface area contributed by atoms with Crippen molar-refractivity contribution in [2.45, 2.75) is 39.4 Å². The maximum absolute atomic E-state index is 5.86. The van der Waals surface area contributed by atoms with Gasteiger partial charge in [-0.15, -0.1) is 0 Å². The molecular formula is C16H23N3. The van der Waals surface area contributed by atoms with Crippen LogP contribution < -0.4 is 5.73 Å². The standard InChI is InChI=1S/C16H23N3/c1-2-19-14(12-18-8-3-4-9-18)10-15-13(11-17)6-5-7-16(15)19/h5-7,10H,2-4,8-9,11-12,17H2,1H3. The molecule has 0 atom stereocenters. The van der Waals surface area contributed by atoms with Crippen LogP contribution in [0.25, 0.3) is 10.9 Å². The van der Waals surface area contributed by atoms with E-state index in [0.29, 0.717) is 6.54 Å². The van der Waals surface area contributed by atoms with E-state index in [1.807, 2.05) is 0 Å². The van der Waals surface area contributed by atoms with E-state index in [-0.39, 0.29) is 0 Å². The van der Waals surface area contributed by atoms with Crippen LogP contribution in [0.15, 0.2) is 24.3 Å². The van der Waals surface area contributed by atoms with E-state index < -0.39 is 0 Å². The smallest absolute Gasteiger partial charge is 0.0486 e. The van der Waals surface area contributed by atoms with Crippen LogP contribution >= 0.6 is 0 Å². The molecule has 1 saturated heterocycles. The fraction of sp³-hybridized carbons (Fsp3) is 0.500. The van der Waals surface area contributed by atoms with Gasteiger partial charge in [-0.3, -0.25) is 4.90 Å². The SMILES string of the molecule is CCn1c(CN2CCCC2)cc2c(CN)cccc21. The van der Waals surface area contributed by atoms with E-state index in [4.69, 9.17) is 5.73 Å². The van der Waals surface area contributed by atoms with Crippen LogP contribution in [0.4, 0.5) is 0 Å². The lowest BCUT2D eigenvalue weighted by molar-refractivity contribution is 0.322. The molecule has 0 saturated carbocycles. The third-order valence-corrected chi connectivity index (χ3v) is 4.24. The minimum absolute atomic E-state index is 0.619. The van der Waals surface area contributed by atoms with Crippen molar-refractivity contribution in [2.75, 3.05) is 13.1 Å². The fourth-order valence-corrected chi connectivity index (χ4v) is 3.25. The first-order valence-electron chi connectivity index (χ1n) is 7.36. The first-order chi connectivity index (χ1) is 9.33. The largest absolute Gasteiger partial charge is 0.344 e. The summed E-state index contributed by atoms with van der Waals surface area (Å²) in [5.74, 6) is 0. The van der Waals surface area contributed by atoms with E-state index in [1.54, 1.807) is 0 Å². The lowest BCUT2D eigenvalue weighted by atomic mass is 10.1. The zero-order chi connectivity index (χ0) is 13.2. The summed E-state index contributed by atoms with van der Waals surface area (Å²) in [6, 6.07) is 8.82. The fourth-order valence-electron chi connectivity index (χ4n) is 3.25. The van der Waals surface area contributed by atoms with Crippen molar-refractivity contribution >= 4 is 10.9 Å². The van der Waals surface area contributed by atoms with E-state index in [2.05, 4.69) is 40.7 Å². The summed E-state index contributed by atoms with van der Waals surface area (Å²) < 4.78 is 2.44. The van der Waals surface area contributed by atoms with E-state index in [9.17, 15) is 0 Å². The number of fused-ring (bicyclic) bond motifs is 1. The molecule has 102 valence electrons. The van der Waals surface area contributed by atoms with Gasteiger partial charge >= 0.3 is 0 Å². The molecular weight excluding hydrogens is 234 g/mol. The summed E-state index contributed by atoms with van der Waals surface area (Å²) >= 11 is 0. The number of rotatable bonds is 4. The minimum atomic E-state index is 0.619. The number of nitrogens with zero attached hydrogens (tertiary/aromatic N) is 2. The molecule has 1 fully saturated rings. The second-order valence-electron chi connectivity index (χ2n) is 5.42. The average Bonchev–Trinajstić information content (AvgIpc) is 3.05. The first kappa shape index (κ1) is 12.7. The van der Waals surface area contributed by atoms with Crippen LogP contribution in [0.3, 0.4) is 0 Å². The van der Waals surface area contributed by atoms with Gasteiger partial charge in [-0.05, 0) is 50.6 Å². The number of aromatic nitrogens is 1. The third kappa shape index (κ3) is 2.28. The Morgan fingerprint density at radius 3 is 2.68 bits per heavy atom. The predicted molar refractivity (Wildman–Crippen MR) is 80.0 cm³/mol. The molecule has 19 heavy (non-hydrogen) atoms. The predicted octanol–water partition coefficient (Wildman–Crippen LogP) is 2.72. The van der Waals surface area contributed by atoms with Gasteiger partial charge < -0.3 is 10.3 Å². The molecule has 1 aromatic carbocycles. The second kappa shape index (κ2) is 5.35. The lowest BCUT2D eigenvalue weighted by Crippen LogP contribution is -2.20. The minimum Gasteiger partial charge on any atom is -0.344 e. The quantitative estimate of drug-likeness (QED) is 0.914. The van der Waals surface area contributed by atoms with Gasteiger partial charge in [0.15, 0.2) is 0 Å². The van der Waals surface area contributed by atoms with Gasteiger partial charge in [-0.25, -0.2) is 0 Å². The molecule has 2 heterocycles. The van der Waals surface area contributed by atoms with Crippen LogP contribution in [-0.4, -0.2) is 22.6 Å². The summed E-state index contributed by atoms with van der Waals surface area (Å²) in [5.41, 5.74) is 9.88. The van der Waals surface area contributed by atoms with Gasteiger partial charge in [0.1, 0.15) is 0 Å². The van der Waals surface area contributed by atoms with Crippen molar-refractivity contribution in [3.05, 3.63) is 35.5 Å². The molecule has 0 aliphatic carbocycles. The van der Waals surface area contributed by atoms with Crippen molar-refractivity contribution in [1.29, 1.82) is 0 Å². The Morgan fingerprint density at radius 1 is 1.21 bits per heavy atom. The van der Waals surface area contributed by atoms with Gasteiger partial charge in [0.25, 0.3) is 0 Å². The molecule has 3 heteroatoms. The highest BCUT2D eigenvalue weighted by atomic mass is 15.2. The Hall–Kier alpha value is -1.32. The number of hydrogen-bond donors (Lipinski definition) is 1. The zero-order valence-electron chi connectivity index (χ0n) is 11.7. The zero-order valence-corrected chi connectivity index (χ0v) is 11.7. The summed E-state index contributed by atoms with van der Waals surface area (Å²) in [4.78, 5) is 2.56. The van der Waals surface area contributed by atoms with E-state index in [0.717, 1.165) is 13.1 Å². The Kier molecular flexibility index (Phi) is 3.58. The average molecular weight is 257 g/mol. The summed E-state index contributed by atoms with van der Waals surface area (Å²) in [6.45, 7) is 7.44. The molecule has 2 aromatic rings. The third-order valence-electron chi connectivity index (χ3n) is 4.24. The molecule has 3 rings (SSSR count). The maximum atomic E-state index is 5.86.